The van der Waals surface area contributed by atoms with Gasteiger partial charge in [-0.1, -0.05) is 88.5 Å². The molecule has 0 bridgehead atoms. The van der Waals surface area contributed by atoms with Crippen molar-refractivity contribution in [3.05, 3.63) is 105 Å². The number of aliphatic hydroxyl groups excluding tert-OH is 1. The molecule has 0 fully saturated rings. The number of rotatable bonds is 11. The Morgan fingerprint density at radius 2 is 1.77 bits per heavy atom. The van der Waals surface area contributed by atoms with Gasteiger partial charge in [0.15, 0.2) is 0 Å². The Hall–Kier alpha value is -2.12. The number of aliphatic hydroxyl groups is 1. The smallest absolute Gasteiger partial charge is 0.145 e. The van der Waals surface area contributed by atoms with Crippen molar-refractivity contribution in [3.8, 4) is 0 Å². The van der Waals surface area contributed by atoms with Crippen molar-refractivity contribution in [2.45, 2.75) is 31.8 Å². The fourth-order valence-electron chi connectivity index (χ4n) is 4.00. The molecule has 184 valence electrons. The summed E-state index contributed by atoms with van der Waals surface area (Å²) in [7, 11) is 0. The Labute approximate surface area is 220 Å². The van der Waals surface area contributed by atoms with Crippen molar-refractivity contribution < 1.29 is 14.7 Å². The van der Waals surface area contributed by atoms with Gasteiger partial charge in [0.05, 0.1) is 35.1 Å². The van der Waals surface area contributed by atoms with Gasteiger partial charge in [0, 0.05) is 36.6 Å². The average molecular weight is 534 g/mol. The minimum Gasteiger partial charge on any atom is -0.390 e. The largest absolute Gasteiger partial charge is 0.390 e. The minimum atomic E-state index is -0.658. The van der Waals surface area contributed by atoms with Crippen LogP contribution in [-0.4, -0.2) is 47.6 Å². The fourth-order valence-corrected chi connectivity index (χ4v) is 4.51. The normalized spacial score (nSPS) is 16.3. The van der Waals surface area contributed by atoms with Gasteiger partial charge in [-0.2, -0.15) is 0 Å². The quantitative estimate of drug-likeness (QED) is 0.318. The van der Waals surface area contributed by atoms with Crippen LogP contribution in [0.4, 0.5) is 0 Å². The summed E-state index contributed by atoms with van der Waals surface area (Å²) in [6.45, 7) is 2.30. The van der Waals surface area contributed by atoms with Gasteiger partial charge in [-0.15, -0.1) is 0 Å². The maximum atomic E-state index is 10.7. The van der Waals surface area contributed by atoms with E-state index in [1.54, 1.807) is 12.1 Å². The van der Waals surface area contributed by atoms with Crippen LogP contribution in [0, 0.1) is 0 Å². The second-order valence-electron chi connectivity index (χ2n) is 8.58. The van der Waals surface area contributed by atoms with E-state index in [0.29, 0.717) is 47.7 Å². The van der Waals surface area contributed by atoms with Crippen LogP contribution in [0.2, 0.25) is 15.1 Å². The number of halogens is 3. The average Bonchev–Trinajstić information content (AvgIpc) is 3.30. The summed E-state index contributed by atoms with van der Waals surface area (Å²) in [5.74, 6) is 0. The van der Waals surface area contributed by atoms with Gasteiger partial charge in [-0.3, -0.25) is 4.90 Å². The van der Waals surface area contributed by atoms with Crippen molar-refractivity contribution in [2.24, 2.45) is 5.16 Å². The van der Waals surface area contributed by atoms with Crippen LogP contribution in [-0.2, 0) is 22.7 Å². The summed E-state index contributed by atoms with van der Waals surface area (Å²) in [6, 6.07) is 23.1. The van der Waals surface area contributed by atoms with Crippen molar-refractivity contribution >= 4 is 40.5 Å². The number of benzene rings is 3. The van der Waals surface area contributed by atoms with Crippen LogP contribution < -0.4 is 0 Å². The molecule has 0 aromatic heterocycles. The molecule has 0 saturated carbocycles. The summed E-state index contributed by atoms with van der Waals surface area (Å²) < 4.78 is 5.74. The number of oxime groups is 1. The summed E-state index contributed by atoms with van der Waals surface area (Å²) in [5, 5.41) is 16.6. The highest BCUT2D eigenvalue weighted by molar-refractivity contribution is 6.42. The molecule has 1 aliphatic heterocycles. The molecule has 2 atom stereocenters. The van der Waals surface area contributed by atoms with Crippen LogP contribution in [0.3, 0.4) is 0 Å². The number of nitrogens with zero attached hydrogens (tertiary/aromatic N) is 2. The monoisotopic (exact) mass is 532 g/mol. The molecule has 1 heterocycles. The van der Waals surface area contributed by atoms with Gasteiger partial charge < -0.3 is 14.7 Å². The second kappa shape index (κ2) is 12.7. The van der Waals surface area contributed by atoms with Crippen molar-refractivity contribution in [1.82, 2.24) is 4.90 Å². The van der Waals surface area contributed by atoms with E-state index in [1.165, 1.54) is 0 Å². The van der Waals surface area contributed by atoms with Gasteiger partial charge in [-0.05, 0) is 35.4 Å². The van der Waals surface area contributed by atoms with E-state index in [2.05, 4.69) is 10.1 Å². The molecule has 1 aliphatic rings. The Kier molecular flexibility index (Phi) is 9.44. The van der Waals surface area contributed by atoms with Crippen molar-refractivity contribution in [3.63, 3.8) is 0 Å². The van der Waals surface area contributed by atoms with E-state index in [4.69, 9.17) is 44.4 Å². The zero-order chi connectivity index (χ0) is 24.6. The Morgan fingerprint density at radius 1 is 0.971 bits per heavy atom. The molecule has 0 unspecified atom stereocenters. The molecule has 0 spiro atoms. The minimum absolute atomic E-state index is 0.156. The highest BCUT2D eigenvalue weighted by atomic mass is 35.5. The molecule has 1 N–H and O–H groups in total. The van der Waals surface area contributed by atoms with Gasteiger partial charge in [0.1, 0.15) is 6.10 Å². The van der Waals surface area contributed by atoms with Crippen LogP contribution >= 0.6 is 34.8 Å². The zero-order valence-corrected chi connectivity index (χ0v) is 21.4. The molecule has 0 amide bonds. The fraction of sp³-hybridized carbons (Fsp3) is 0.296. The summed E-state index contributed by atoms with van der Waals surface area (Å²) in [5.41, 5.74) is 3.83. The Morgan fingerprint density at radius 3 is 2.54 bits per heavy atom. The SMILES string of the molecule is O[C@@H](COCc1ccccc1)CN(Cc1cccc(Cl)c1)C[C@H]1CC(c2ccc(Cl)c(Cl)c2)=NO1. The van der Waals surface area contributed by atoms with E-state index >= 15 is 0 Å². The van der Waals surface area contributed by atoms with Gasteiger partial charge >= 0.3 is 0 Å². The van der Waals surface area contributed by atoms with Crippen molar-refractivity contribution in [2.75, 3.05) is 19.7 Å². The first-order chi connectivity index (χ1) is 17.0. The van der Waals surface area contributed by atoms with Gasteiger partial charge in [0.25, 0.3) is 0 Å². The maximum Gasteiger partial charge on any atom is 0.145 e. The zero-order valence-electron chi connectivity index (χ0n) is 19.1. The lowest BCUT2D eigenvalue weighted by Gasteiger charge is -2.27. The maximum absolute atomic E-state index is 10.7. The Balaban J connectivity index is 1.35. The molecule has 0 saturated heterocycles. The third kappa shape index (κ3) is 7.94. The lowest BCUT2D eigenvalue weighted by molar-refractivity contribution is -0.00648. The molecular weight excluding hydrogens is 507 g/mol. The molecule has 0 aliphatic carbocycles. The lowest BCUT2D eigenvalue weighted by atomic mass is 10.0. The van der Waals surface area contributed by atoms with E-state index in [9.17, 15) is 5.11 Å². The summed E-state index contributed by atoms with van der Waals surface area (Å²) >= 11 is 18.4. The van der Waals surface area contributed by atoms with Crippen LogP contribution in [0.15, 0.2) is 78.0 Å². The lowest BCUT2D eigenvalue weighted by Crippen LogP contribution is -2.39. The standard InChI is InChI=1S/C27H27Cl3N2O3/c28-22-8-4-7-20(11-22)14-32(15-23(33)18-34-17-19-5-2-1-3-6-19)16-24-13-27(31-35-24)21-9-10-25(29)26(30)12-21/h1-12,23-24,33H,13-18H2/t23-,24-/m1/s1. The molecule has 5 nitrogen and oxygen atoms in total. The summed E-state index contributed by atoms with van der Waals surface area (Å²) in [4.78, 5) is 7.87. The van der Waals surface area contributed by atoms with Crippen LogP contribution in [0.25, 0.3) is 0 Å². The highest BCUT2D eigenvalue weighted by Gasteiger charge is 2.26. The molecule has 3 aromatic carbocycles. The second-order valence-corrected chi connectivity index (χ2v) is 9.83. The number of ether oxygens (including phenoxy) is 1. The van der Waals surface area contributed by atoms with Gasteiger partial charge in [0.2, 0.25) is 0 Å². The van der Waals surface area contributed by atoms with E-state index < -0.39 is 6.10 Å². The third-order valence-corrected chi connectivity index (χ3v) is 6.61. The molecule has 3 aromatic rings. The topological polar surface area (TPSA) is 54.3 Å². The van der Waals surface area contributed by atoms with E-state index in [1.807, 2.05) is 60.7 Å². The van der Waals surface area contributed by atoms with E-state index in [-0.39, 0.29) is 12.7 Å². The van der Waals surface area contributed by atoms with Crippen LogP contribution in [0.5, 0.6) is 0 Å². The first-order valence-electron chi connectivity index (χ1n) is 11.4. The third-order valence-electron chi connectivity index (χ3n) is 5.63. The molecule has 4 rings (SSSR count). The predicted molar refractivity (Wildman–Crippen MR) is 141 cm³/mol. The molecule has 0 radical (unpaired) electrons. The van der Waals surface area contributed by atoms with Crippen LogP contribution in [0.1, 0.15) is 23.1 Å². The molecule has 35 heavy (non-hydrogen) atoms. The number of hydrogen-bond acceptors (Lipinski definition) is 5. The molecular formula is C27H27Cl3N2O3. The number of hydrogen-bond donors (Lipinski definition) is 1. The Bertz CT molecular complexity index is 1140. The van der Waals surface area contributed by atoms with Gasteiger partial charge in [-0.25, -0.2) is 0 Å². The first kappa shape index (κ1) is 26.0. The molecule has 8 heteroatoms. The van der Waals surface area contributed by atoms with Crippen molar-refractivity contribution in [1.29, 1.82) is 0 Å². The van der Waals surface area contributed by atoms with E-state index in [0.717, 1.165) is 22.4 Å². The summed E-state index contributed by atoms with van der Waals surface area (Å²) in [6.07, 6.45) is -0.184. The first-order valence-corrected chi connectivity index (χ1v) is 12.5. The predicted octanol–water partition coefficient (Wildman–Crippen LogP) is 6.22. The highest BCUT2D eigenvalue weighted by Crippen LogP contribution is 2.26.